The molecule has 0 radical (unpaired) electrons. The quantitative estimate of drug-likeness (QED) is 0.396. The number of hydrogen-bond donors (Lipinski definition) is 4. The van der Waals surface area contributed by atoms with Gasteiger partial charge in [-0.15, -0.1) is 11.3 Å². The van der Waals surface area contributed by atoms with E-state index in [-0.39, 0.29) is 24.6 Å². The van der Waals surface area contributed by atoms with Gasteiger partial charge in [0.2, 0.25) is 0 Å². The van der Waals surface area contributed by atoms with E-state index in [1.165, 1.54) is 16.9 Å². The second-order valence-corrected chi connectivity index (χ2v) is 10.0. The van der Waals surface area contributed by atoms with Crippen molar-refractivity contribution in [2.24, 2.45) is 5.73 Å². The van der Waals surface area contributed by atoms with Crippen LogP contribution in [-0.2, 0) is 17.6 Å². The normalized spacial score (nSPS) is 18.4. The minimum absolute atomic E-state index is 0.0807. The maximum absolute atomic E-state index is 12.9. The van der Waals surface area contributed by atoms with Crippen molar-refractivity contribution in [2.75, 3.05) is 44.0 Å². The third-order valence-corrected chi connectivity index (χ3v) is 7.48. The van der Waals surface area contributed by atoms with Crippen LogP contribution in [-0.4, -0.2) is 66.5 Å². The predicted octanol–water partition coefficient (Wildman–Crippen LogP) is 3.06. The van der Waals surface area contributed by atoms with Crippen molar-refractivity contribution < 1.29 is 14.6 Å². The van der Waals surface area contributed by atoms with Gasteiger partial charge < -0.3 is 31.5 Å². The fourth-order valence-electron chi connectivity index (χ4n) is 4.49. The lowest BCUT2D eigenvalue weighted by Gasteiger charge is -2.26. The second-order valence-electron chi connectivity index (χ2n) is 9.05. The highest BCUT2D eigenvalue weighted by Crippen LogP contribution is 2.33. The number of aliphatic hydroxyl groups excluding tert-OH is 1. The number of nitrogens with two attached hydrogens (primary N) is 2. The van der Waals surface area contributed by atoms with E-state index in [1.807, 2.05) is 32.9 Å². The molecule has 0 bridgehead atoms. The molecule has 4 heterocycles. The maximum atomic E-state index is 12.9. The molecule has 0 aromatic carbocycles. The summed E-state index contributed by atoms with van der Waals surface area (Å²) >= 11 is 1.36. The average Bonchev–Trinajstić information content (AvgIpc) is 3.48. The van der Waals surface area contributed by atoms with E-state index in [0.717, 1.165) is 66.2 Å². The Morgan fingerprint density at radius 3 is 2.68 bits per heavy atom. The van der Waals surface area contributed by atoms with Gasteiger partial charge in [-0.1, -0.05) is 19.9 Å². The van der Waals surface area contributed by atoms with Crippen LogP contribution in [0.3, 0.4) is 0 Å². The van der Waals surface area contributed by atoms with Gasteiger partial charge in [-0.05, 0) is 56.4 Å². The lowest BCUT2D eigenvalue weighted by molar-refractivity contribution is 0.0938. The van der Waals surface area contributed by atoms with Gasteiger partial charge in [-0.2, -0.15) is 0 Å². The van der Waals surface area contributed by atoms with Crippen LogP contribution in [0.1, 0.15) is 53.3 Å². The van der Waals surface area contributed by atoms with E-state index in [2.05, 4.69) is 32.1 Å². The van der Waals surface area contributed by atoms with Crippen molar-refractivity contribution in [3.05, 3.63) is 46.1 Å². The molecular formula is C27H40N6O3S. The van der Waals surface area contributed by atoms with Crippen molar-refractivity contribution >= 4 is 39.0 Å². The Morgan fingerprint density at radius 2 is 2.03 bits per heavy atom. The number of pyridine rings is 2. The Kier molecular flexibility index (Phi) is 10.6. The molecule has 1 fully saturated rings. The number of ether oxygens (including phenoxy) is 1. The number of rotatable bonds is 5. The number of nitrogens with one attached hydrogen (secondary N) is 1. The fraction of sp³-hybridized carbons (Fsp3) is 0.519. The zero-order valence-corrected chi connectivity index (χ0v) is 23.1. The number of carbonyl (C=O) groups is 1. The summed E-state index contributed by atoms with van der Waals surface area (Å²) in [5, 5.41) is 12.0. The molecular weight excluding hydrogens is 488 g/mol. The Morgan fingerprint density at radius 1 is 1.24 bits per heavy atom. The Hall–Kier alpha value is -2.79. The molecule has 1 aliphatic carbocycles. The van der Waals surface area contributed by atoms with Gasteiger partial charge in [-0.3, -0.25) is 4.79 Å². The van der Waals surface area contributed by atoms with E-state index in [0.29, 0.717) is 17.2 Å². The molecule has 9 nitrogen and oxygen atoms in total. The summed E-state index contributed by atoms with van der Waals surface area (Å²) in [7, 11) is 1.55. The fourth-order valence-corrected chi connectivity index (χ4v) is 5.54. The first-order valence-corrected chi connectivity index (χ1v) is 13.8. The molecule has 1 saturated heterocycles. The van der Waals surface area contributed by atoms with E-state index in [4.69, 9.17) is 21.6 Å². The molecule has 1 aliphatic heterocycles. The highest BCUT2D eigenvalue weighted by Gasteiger charge is 2.26. The molecule has 2 atom stereocenters. The van der Waals surface area contributed by atoms with Gasteiger partial charge in [0.15, 0.2) is 0 Å². The first kappa shape index (κ1) is 28.8. The molecule has 6 N–H and O–H groups in total. The van der Waals surface area contributed by atoms with Gasteiger partial charge in [0, 0.05) is 49.1 Å². The predicted molar refractivity (Wildman–Crippen MR) is 151 cm³/mol. The minimum Gasteiger partial charge on any atom is -0.397 e. The molecule has 0 spiro atoms. The number of anilines is 2. The summed E-state index contributed by atoms with van der Waals surface area (Å²) in [6.07, 6.45) is 3.53. The average molecular weight is 529 g/mol. The number of nitrogens with zero attached hydrogens (tertiary/aromatic N) is 3. The number of methoxy groups -OCH3 is 1. The minimum atomic E-state index is -0.114. The Bertz CT molecular complexity index is 1180. The monoisotopic (exact) mass is 528 g/mol. The van der Waals surface area contributed by atoms with Crippen LogP contribution in [0.2, 0.25) is 0 Å². The van der Waals surface area contributed by atoms with Crippen molar-refractivity contribution in [1.29, 1.82) is 0 Å². The van der Waals surface area contributed by atoms with E-state index in [1.54, 1.807) is 7.11 Å². The number of hydrogen-bond acceptors (Lipinski definition) is 9. The highest BCUT2D eigenvalue weighted by molar-refractivity contribution is 7.21. The standard InChI is InChI=1S/C22H26N6OS.C3H8O2.C2H6/c1-12-2-5-16-19(24)20(30-22(16)25-12)21(29)26-15-4-6-17-13(10-15)3-7-18(27-17)28-9-8-14(23)11-28;1-5-3-2-4;1-2/h2-3,5,7,14-15H,4,6,8-11,23-24H2,1H3,(H,26,29);4H,2-3H2,1H3;1-2H3. The Labute approximate surface area is 223 Å². The third kappa shape index (κ3) is 7.16. The smallest absolute Gasteiger partial charge is 0.263 e. The van der Waals surface area contributed by atoms with Gasteiger partial charge in [0.05, 0.1) is 18.9 Å². The molecule has 0 saturated carbocycles. The van der Waals surface area contributed by atoms with Gasteiger partial charge >= 0.3 is 0 Å². The van der Waals surface area contributed by atoms with E-state index >= 15 is 0 Å². The van der Waals surface area contributed by atoms with Crippen LogP contribution in [0.4, 0.5) is 11.5 Å². The summed E-state index contributed by atoms with van der Waals surface area (Å²) in [6, 6.07) is 8.41. The molecule has 2 aliphatic rings. The largest absolute Gasteiger partial charge is 0.397 e. The lowest BCUT2D eigenvalue weighted by atomic mass is 9.91. The highest BCUT2D eigenvalue weighted by atomic mass is 32.1. The number of nitrogen functional groups attached to an aromatic ring is 1. The van der Waals surface area contributed by atoms with Crippen LogP contribution in [0, 0.1) is 6.92 Å². The van der Waals surface area contributed by atoms with Crippen LogP contribution >= 0.6 is 11.3 Å². The van der Waals surface area contributed by atoms with Crippen LogP contribution in [0.15, 0.2) is 24.3 Å². The number of amides is 1. The van der Waals surface area contributed by atoms with Crippen molar-refractivity contribution in [1.82, 2.24) is 15.3 Å². The molecule has 5 rings (SSSR count). The topological polar surface area (TPSA) is 140 Å². The number of carbonyl (C=O) groups excluding carboxylic acids is 1. The van der Waals surface area contributed by atoms with Gasteiger partial charge in [0.25, 0.3) is 5.91 Å². The van der Waals surface area contributed by atoms with E-state index < -0.39 is 0 Å². The number of aromatic nitrogens is 2. The third-order valence-electron chi connectivity index (χ3n) is 6.37. The van der Waals surface area contributed by atoms with Crippen LogP contribution in [0.25, 0.3) is 10.2 Å². The summed E-state index contributed by atoms with van der Waals surface area (Å²) in [5.41, 5.74) is 16.1. The van der Waals surface area contributed by atoms with Gasteiger partial charge in [0.1, 0.15) is 15.5 Å². The molecule has 2 unspecified atom stereocenters. The molecule has 10 heteroatoms. The first-order chi connectivity index (χ1) is 17.9. The maximum Gasteiger partial charge on any atom is 0.263 e. The number of thiophene rings is 1. The SMILES string of the molecule is CC.COCCO.Cc1ccc2c(N)c(C(=O)NC3CCc4nc(N5CCC(N)C5)ccc4C3)sc2n1. The molecule has 3 aromatic rings. The van der Waals surface area contributed by atoms with Crippen LogP contribution < -0.4 is 21.7 Å². The zero-order valence-electron chi connectivity index (χ0n) is 22.3. The molecule has 37 heavy (non-hydrogen) atoms. The number of aliphatic hydroxyl groups is 1. The summed E-state index contributed by atoms with van der Waals surface area (Å²) in [6.45, 7) is 8.34. The van der Waals surface area contributed by atoms with Crippen molar-refractivity contribution in [3.63, 3.8) is 0 Å². The molecule has 3 aromatic heterocycles. The Balaban J connectivity index is 0.000000489. The van der Waals surface area contributed by atoms with Gasteiger partial charge in [-0.25, -0.2) is 9.97 Å². The summed E-state index contributed by atoms with van der Waals surface area (Å²) < 4.78 is 4.44. The van der Waals surface area contributed by atoms with E-state index in [9.17, 15) is 4.79 Å². The lowest BCUT2D eigenvalue weighted by Crippen LogP contribution is -2.39. The summed E-state index contributed by atoms with van der Waals surface area (Å²) in [5.74, 6) is 0.905. The van der Waals surface area contributed by atoms with Crippen LogP contribution in [0.5, 0.6) is 0 Å². The van der Waals surface area contributed by atoms with Crippen molar-refractivity contribution in [2.45, 2.75) is 58.5 Å². The second kappa shape index (κ2) is 13.7. The molecule has 1 amide bonds. The first-order valence-electron chi connectivity index (χ1n) is 12.9. The molecule has 202 valence electrons. The zero-order chi connectivity index (χ0) is 26.9. The van der Waals surface area contributed by atoms with Crippen molar-refractivity contribution in [3.8, 4) is 0 Å². The summed E-state index contributed by atoms with van der Waals surface area (Å²) in [4.78, 5) is 25.9. The number of aryl methyl sites for hydroxylation is 2. The number of fused-ring (bicyclic) bond motifs is 2.